The van der Waals surface area contributed by atoms with Gasteiger partial charge in [-0.1, -0.05) is 42.8 Å². The van der Waals surface area contributed by atoms with E-state index in [1.54, 1.807) is 18.2 Å². The fourth-order valence-electron chi connectivity index (χ4n) is 3.96. The lowest BCUT2D eigenvalue weighted by Crippen LogP contribution is -2.25. The lowest BCUT2D eigenvalue weighted by atomic mass is 10.0. The number of nitro benzene ring substituents is 1. The Morgan fingerprint density at radius 2 is 1.73 bits per heavy atom. The summed E-state index contributed by atoms with van der Waals surface area (Å²) in [5, 5.41) is 18.3. The van der Waals surface area contributed by atoms with Crippen LogP contribution in [0.15, 0.2) is 83.1 Å². The number of methoxy groups -OCH3 is 1. The summed E-state index contributed by atoms with van der Waals surface area (Å²) in [5.74, 6) is -1.21. The first-order chi connectivity index (χ1) is 19.7. The van der Waals surface area contributed by atoms with Crippen LogP contribution in [0.4, 0.5) is 16.4 Å². The predicted molar refractivity (Wildman–Crippen MR) is 162 cm³/mol. The van der Waals surface area contributed by atoms with Crippen molar-refractivity contribution in [2.24, 2.45) is 0 Å². The van der Waals surface area contributed by atoms with Crippen molar-refractivity contribution in [3.63, 3.8) is 0 Å². The molecule has 0 saturated carbocycles. The van der Waals surface area contributed by atoms with E-state index in [-0.39, 0.29) is 17.2 Å². The number of ether oxygens (including phenoxy) is 1. The molecule has 2 N–H and O–H groups in total. The molecule has 41 heavy (non-hydrogen) atoms. The molecule has 210 valence electrons. The first kappa shape index (κ1) is 29.5. The Morgan fingerprint density at radius 1 is 1.02 bits per heavy atom. The van der Waals surface area contributed by atoms with E-state index in [0.29, 0.717) is 28.2 Å². The smallest absolute Gasteiger partial charge is 0.341 e. The number of hydrogen-bond acceptors (Lipinski definition) is 8. The van der Waals surface area contributed by atoms with Crippen LogP contribution in [0.3, 0.4) is 0 Å². The number of nitrogens with zero attached hydrogens (tertiary/aromatic N) is 1. The van der Waals surface area contributed by atoms with Gasteiger partial charge in [0, 0.05) is 39.2 Å². The Labute approximate surface area is 245 Å². The molecule has 1 heterocycles. The summed E-state index contributed by atoms with van der Waals surface area (Å²) >= 11 is 2.60. The summed E-state index contributed by atoms with van der Waals surface area (Å²) in [4.78, 5) is 49.8. The van der Waals surface area contributed by atoms with Gasteiger partial charge in [0.15, 0.2) is 0 Å². The molecule has 0 aliphatic heterocycles. The molecule has 0 radical (unpaired) electrons. The van der Waals surface area contributed by atoms with E-state index in [1.807, 2.05) is 49.6 Å². The summed E-state index contributed by atoms with van der Waals surface area (Å²) in [5.41, 5.74) is 3.64. The first-order valence-corrected chi connectivity index (χ1v) is 14.4. The van der Waals surface area contributed by atoms with Crippen LogP contribution in [0.2, 0.25) is 0 Å². The maximum atomic E-state index is 13.3. The number of aryl methyl sites for hydroxylation is 1. The highest BCUT2D eigenvalue weighted by Crippen LogP contribution is 2.37. The number of thiophene rings is 1. The molecule has 1 aromatic heterocycles. The second-order valence-corrected chi connectivity index (χ2v) is 11.2. The standard InChI is InChI=1S/C30H27N3O6S2/c1-4-25(28(35)32-29-26(30(36)39-3)24(17-40-29)19-10-8-18(2)9-11-19)41-23-7-5-6-21(16-23)31-27(34)20-12-14-22(15-13-20)33(37)38/h5-17,25H,4H2,1-3H3,(H,31,34)(H,32,35). The average Bonchev–Trinajstić information content (AvgIpc) is 3.39. The molecule has 0 saturated heterocycles. The Kier molecular flexibility index (Phi) is 9.53. The molecule has 4 aromatic rings. The Hall–Kier alpha value is -4.48. The Balaban J connectivity index is 1.47. The summed E-state index contributed by atoms with van der Waals surface area (Å²) in [7, 11) is 1.31. The van der Waals surface area contributed by atoms with E-state index in [0.717, 1.165) is 16.0 Å². The van der Waals surface area contributed by atoms with E-state index in [1.165, 1.54) is 54.5 Å². The van der Waals surface area contributed by atoms with Gasteiger partial charge >= 0.3 is 5.97 Å². The third-order valence-electron chi connectivity index (χ3n) is 6.15. The second-order valence-electron chi connectivity index (χ2n) is 9.00. The van der Waals surface area contributed by atoms with Gasteiger partial charge in [0.1, 0.15) is 10.6 Å². The van der Waals surface area contributed by atoms with Gasteiger partial charge in [-0.25, -0.2) is 4.79 Å². The summed E-state index contributed by atoms with van der Waals surface area (Å²) in [6.07, 6.45) is 0.514. The van der Waals surface area contributed by atoms with Crippen LogP contribution in [-0.4, -0.2) is 35.1 Å². The van der Waals surface area contributed by atoms with Crippen molar-refractivity contribution in [3.05, 3.63) is 105 Å². The third kappa shape index (κ3) is 7.19. The number of amides is 2. The number of nitrogens with one attached hydrogen (secondary N) is 2. The van der Waals surface area contributed by atoms with Crippen LogP contribution in [0.1, 0.15) is 39.6 Å². The number of benzene rings is 3. The van der Waals surface area contributed by atoms with E-state index in [2.05, 4.69) is 10.6 Å². The van der Waals surface area contributed by atoms with Crippen LogP contribution < -0.4 is 10.6 Å². The summed E-state index contributed by atoms with van der Waals surface area (Å²) in [6.45, 7) is 3.88. The minimum Gasteiger partial charge on any atom is -0.465 e. The van der Waals surface area contributed by atoms with Crippen molar-refractivity contribution in [2.45, 2.75) is 30.4 Å². The van der Waals surface area contributed by atoms with Crippen molar-refractivity contribution in [2.75, 3.05) is 17.7 Å². The molecular formula is C30H27N3O6S2. The van der Waals surface area contributed by atoms with Gasteiger partial charge in [-0.15, -0.1) is 23.1 Å². The molecular weight excluding hydrogens is 562 g/mol. The zero-order valence-electron chi connectivity index (χ0n) is 22.5. The normalized spacial score (nSPS) is 11.4. The number of non-ortho nitro benzene ring substituents is 1. The van der Waals surface area contributed by atoms with Crippen LogP contribution >= 0.6 is 23.1 Å². The van der Waals surface area contributed by atoms with Crippen molar-refractivity contribution in [1.82, 2.24) is 0 Å². The number of anilines is 2. The zero-order valence-corrected chi connectivity index (χ0v) is 24.1. The van der Waals surface area contributed by atoms with Crippen molar-refractivity contribution in [1.29, 1.82) is 0 Å². The molecule has 0 spiro atoms. The fraction of sp³-hybridized carbons (Fsp3) is 0.167. The van der Waals surface area contributed by atoms with Gasteiger partial charge in [0.2, 0.25) is 5.91 Å². The zero-order chi connectivity index (χ0) is 29.5. The SMILES string of the molecule is CCC(Sc1cccc(NC(=O)c2ccc([N+](=O)[O-])cc2)c1)C(=O)Nc1scc(-c2ccc(C)cc2)c1C(=O)OC. The molecule has 0 aliphatic rings. The van der Waals surface area contributed by atoms with Gasteiger partial charge in [0.05, 0.1) is 17.3 Å². The number of rotatable bonds is 10. The highest BCUT2D eigenvalue weighted by atomic mass is 32.2. The molecule has 1 atom stereocenters. The monoisotopic (exact) mass is 589 g/mol. The number of nitro groups is 1. The number of carbonyl (C=O) groups excluding carboxylic acids is 3. The molecule has 0 bridgehead atoms. The quantitative estimate of drug-likeness (QED) is 0.0868. The number of esters is 1. The largest absolute Gasteiger partial charge is 0.465 e. The van der Waals surface area contributed by atoms with Crippen LogP contribution in [0.25, 0.3) is 11.1 Å². The molecule has 9 nitrogen and oxygen atoms in total. The maximum absolute atomic E-state index is 13.3. The Bertz CT molecular complexity index is 1580. The fourth-order valence-corrected chi connectivity index (χ4v) is 5.94. The second kappa shape index (κ2) is 13.2. The predicted octanol–water partition coefficient (Wildman–Crippen LogP) is 7.18. The Morgan fingerprint density at radius 3 is 2.37 bits per heavy atom. The minimum absolute atomic E-state index is 0.101. The van der Waals surface area contributed by atoms with Crippen LogP contribution in [0, 0.1) is 17.0 Å². The van der Waals surface area contributed by atoms with Crippen molar-refractivity contribution in [3.8, 4) is 11.1 Å². The lowest BCUT2D eigenvalue weighted by molar-refractivity contribution is -0.384. The van der Waals surface area contributed by atoms with Crippen molar-refractivity contribution >= 4 is 57.3 Å². The van der Waals surface area contributed by atoms with Gasteiger partial charge in [-0.2, -0.15) is 0 Å². The van der Waals surface area contributed by atoms with E-state index in [9.17, 15) is 24.5 Å². The first-order valence-electron chi connectivity index (χ1n) is 12.6. The van der Waals surface area contributed by atoms with E-state index >= 15 is 0 Å². The van der Waals surface area contributed by atoms with E-state index < -0.39 is 22.0 Å². The molecule has 0 aliphatic carbocycles. The molecule has 2 amide bonds. The number of hydrogen-bond donors (Lipinski definition) is 2. The topological polar surface area (TPSA) is 128 Å². The molecule has 4 rings (SSSR count). The molecule has 11 heteroatoms. The van der Waals surface area contributed by atoms with Gasteiger partial charge in [-0.3, -0.25) is 19.7 Å². The van der Waals surface area contributed by atoms with Gasteiger partial charge < -0.3 is 15.4 Å². The van der Waals surface area contributed by atoms with Crippen molar-refractivity contribution < 1.29 is 24.0 Å². The molecule has 1 unspecified atom stereocenters. The third-order valence-corrected chi connectivity index (χ3v) is 8.41. The average molecular weight is 590 g/mol. The number of carbonyl (C=O) groups is 3. The summed E-state index contributed by atoms with van der Waals surface area (Å²) < 4.78 is 5.03. The van der Waals surface area contributed by atoms with Crippen LogP contribution in [0.5, 0.6) is 0 Å². The lowest BCUT2D eigenvalue weighted by Gasteiger charge is -2.16. The number of thioether (sulfide) groups is 1. The van der Waals surface area contributed by atoms with Crippen LogP contribution in [-0.2, 0) is 9.53 Å². The summed E-state index contributed by atoms with van der Waals surface area (Å²) in [6, 6.07) is 20.2. The van der Waals surface area contributed by atoms with Gasteiger partial charge in [0.25, 0.3) is 11.6 Å². The van der Waals surface area contributed by atoms with E-state index in [4.69, 9.17) is 4.74 Å². The highest BCUT2D eigenvalue weighted by molar-refractivity contribution is 8.00. The minimum atomic E-state index is -0.533. The molecule has 3 aromatic carbocycles. The van der Waals surface area contributed by atoms with Gasteiger partial charge in [-0.05, 0) is 49.2 Å². The highest BCUT2D eigenvalue weighted by Gasteiger charge is 2.25. The maximum Gasteiger partial charge on any atom is 0.341 e. The molecule has 0 fully saturated rings.